The summed E-state index contributed by atoms with van der Waals surface area (Å²) in [5.41, 5.74) is 4.63. The SMILES string of the molecule is CCCCc1c(N2CCN(Cc3ccccc3)CC2)ccc2c1C(=O)NC2=O. The van der Waals surface area contributed by atoms with Crippen LogP contribution in [0.3, 0.4) is 0 Å². The second kappa shape index (κ2) is 8.15. The van der Waals surface area contributed by atoms with Crippen molar-refractivity contribution in [3.8, 4) is 0 Å². The second-order valence-electron chi connectivity index (χ2n) is 7.62. The maximum atomic E-state index is 12.4. The standard InChI is InChI=1S/C23H27N3O2/c1-2-3-9-18-20(11-10-19-21(18)23(28)24-22(19)27)26-14-12-25(13-15-26)16-17-7-5-4-6-8-17/h4-8,10-11H,2-3,9,12-16H2,1H3,(H,24,27,28). The molecule has 0 atom stereocenters. The van der Waals surface area contributed by atoms with E-state index < -0.39 is 0 Å². The van der Waals surface area contributed by atoms with Gasteiger partial charge in [-0.1, -0.05) is 43.7 Å². The monoisotopic (exact) mass is 377 g/mol. The van der Waals surface area contributed by atoms with Crippen LogP contribution < -0.4 is 10.2 Å². The van der Waals surface area contributed by atoms with E-state index >= 15 is 0 Å². The molecule has 146 valence electrons. The average Bonchev–Trinajstić information content (AvgIpc) is 3.01. The van der Waals surface area contributed by atoms with Crippen LogP contribution in [0, 0.1) is 0 Å². The van der Waals surface area contributed by atoms with Gasteiger partial charge in [0.2, 0.25) is 0 Å². The van der Waals surface area contributed by atoms with Crippen molar-refractivity contribution in [1.29, 1.82) is 0 Å². The lowest BCUT2D eigenvalue weighted by Gasteiger charge is -2.37. The van der Waals surface area contributed by atoms with Crippen LogP contribution in [0.15, 0.2) is 42.5 Å². The van der Waals surface area contributed by atoms with E-state index in [1.807, 2.05) is 18.2 Å². The highest BCUT2D eigenvalue weighted by Crippen LogP contribution is 2.32. The van der Waals surface area contributed by atoms with Crippen molar-refractivity contribution in [2.45, 2.75) is 32.7 Å². The lowest BCUT2D eigenvalue weighted by molar-refractivity contribution is 0.0879. The predicted octanol–water partition coefficient (Wildman–Crippen LogP) is 3.24. The summed E-state index contributed by atoms with van der Waals surface area (Å²) in [7, 11) is 0. The molecule has 2 aromatic rings. The molecule has 2 aliphatic rings. The van der Waals surface area contributed by atoms with E-state index in [9.17, 15) is 9.59 Å². The molecule has 0 spiro atoms. The third-order valence-corrected chi connectivity index (χ3v) is 5.73. The maximum absolute atomic E-state index is 12.4. The summed E-state index contributed by atoms with van der Waals surface area (Å²) in [6.07, 6.45) is 2.91. The number of fused-ring (bicyclic) bond motifs is 1. The van der Waals surface area contributed by atoms with Gasteiger partial charge < -0.3 is 4.90 Å². The molecule has 0 saturated carbocycles. The fraction of sp³-hybridized carbons (Fsp3) is 0.391. The highest BCUT2D eigenvalue weighted by molar-refractivity contribution is 6.22. The van der Waals surface area contributed by atoms with Crippen LogP contribution >= 0.6 is 0 Å². The molecule has 2 aliphatic heterocycles. The van der Waals surface area contributed by atoms with E-state index in [0.29, 0.717) is 11.1 Å². The van der Waals surface area contributed by atoms with Gasteiger partial charge in [0.05, 0.1) is 11.1 Å². The number of carbonyl (C=O) groups is 2. The smallest absolute Gasteiger partial charge is 0.259 e. The van der Waals surface area contributed by atoms with Crippen LogP contribution in [0.2, 0.25) is 0 Å². The lowest BCUT2D eigenvalue weighted by Crippen LogP contribution is -2.46. The molecule has 1 N–H and O–H groups in total. The van der Waals surface area contributed by atoms with Gasteiger partial charge in [-0.15, -0.1) is 0 Å². The number of anilines is 1. The van der Waals surface area contributed by atoms with Gasteiger partial charge in [0, 0.05) is 38.4 Å². The number of imide groups is 1. The van der Waals surface area contributed by atoms with E-state index in [-0.39, 0.29) is 11.8 Å². The molecule has 5 heteroatoms. The van der Waals surface area contributed by atoms with Gasteiger partial charge in [-0.2, -0.15) is 0 Å². The van der Waals surface area contributed by atoms with Crippen molar-refractivity contribution in [2.75, 3.05) is 31.1 Å². The zero-order chi connectivity index (χ0) is 19.5. The van der Waals surface area contributed by atoms with Crippen molar-refractivity contribution < 1.29 is 9.59 Å². The molecular weight excluding hydrogens is 350 g/mol. The predicted molar refractivity (Wildman–Crippen MR) is 111 cm³/mol. The van der Waals surface area contributed by atoms with E-state index in [4.69, 9.17) is 0 Å². The van der Waals surface area contributed by atoms with E-state index in [2.05, 4.69) is 46.3 Å². The molecule has 28 heavy (non-hydrogen) atoms. The zero-order valence-electron chi connectivity index (χ0n) is 16.4. The van der Waals surface area contributed by atoms with Gasteiger partial charge in [-0.3, -0.25) is 19.8 Å². The summed E-state index contributed by atoms with van der Waals surface area (Å²) in [5.74, 6) is -0.507. The first-order valence-electron chi connectivity index (χ1n) is 10.2. The summed E-state index contributed by atoms with van der Waals surface area (Å²) >= 11 is 0. The summed E-state index contributed by atoms with van der Waals surface area (Å²) in [5, 5.41) is 2.46. The lowest BCUT2D eigenvalue weighted by atomic mass is 9.95. The summed E-state index contributed by atoms with van der Waals surface area (Å²) < 4.78 is 0. The fourth-order valence-corrected chi connectivity index (χ4v) is 4.21. The van der Waals surface area contributed by atoms with Crippen LogP contribution in [0.1, 0.15) is 51.6 Å². The summed E-state index contributed by atoms with van der Waals surface area (Å²) in [6.45, 7) is 6.96. The number of rotatable bonds is 6. The van der Waals surface area contributed by atoms with Crippen LogP contribution in [-0.2, 0) is 13.0 Å². The number of unbranched alkanes of at least 4 members (excludes halogenated alkanes) is 1. The first kappa shape index (κ1) is 18.7. The van der Waals surface area contributed by atoms with Crippen LogP contribution in [0.25, 0.3) is 0 Å². The molecule has 1 fully saturated rings. The summed E-state index contributed by atoms with van der Waals surface area (Å²) in [4.78, 5) is 29.3. The Morgan fingerprint density at radius 3 is 2.39 bits per heavy atom. The Morgan fingerprint density at radius 1 is 0.929 bits per heavy atom. The van der Waals surface area contributed by atoms with Gasteiger partial charge in [0.15, 0.2) is 0 Å². The van der Waals surface area contributed by atoms with E-state index in [0.717, 1.165) is 63.2 Å². The van der Waals surface area contributed by atoms with Gasteiger partial charge in [-0.25, -0.2) is 0 Å². The number of hydrogen-bond donors (Lipinski definition) is 1. The highest BCUT2D eigenvalue weighted by Gasteiger charge is 2.32. The first-order chi connectivity index (χ1) is 13.7. The van der Waals surface area contributed by atoms with Gasteiger partial charge in [0.25, 0.3) is 11.8 Å². The number of hydrogen-bond acceptors (Lipinski definition) is 4. The Balaban J connectivity index is 1.52. The minimum atomic E-state index is -0.267. The molecule has 0 radical (unpaired) electrons. The number of nitrogens with zero attached hydrogens (tertiary/aromatic N) is 2. The number of nitrogens with one attached hydrogen (secondary N) is 1. The summed E-state index contributed by atoms with van der Waals surface area (Å²) in [6, 6.07) is 14.4. The van der Waals surface area contributed by atoms with Gasteiger partial charge in [0.1, 0.15) is 0 Å². The Bertz CT molecular complexity index is 871. The molecule has 2 aromatic carbocycles. The Morgan fingerprint density at radius 2 is 1.68 bits per heavy atom. The maximum Gasteiger partial charge on any atom is 0.259 e. The van der Waals surface area contributed by atoms with Crippen molar-refractivity contribution >= 4 is 17.5 Å². The Labute approximate surface area is 166 Å². The van der Waals surface area contributed by atoms with Crippen molar-refractivity contribution in [2.24, 2.45) is 0 Å². The van der Waals surface area contributed by atoms with Gasteiger partial charge >= 0.3 is 0 Å². The Kier molecular flexibility index (Phi) is 5.44. The molecule has 1 saturated heterocycles. The van der Waals surface area contributed by atoms with Crippen LogP contribution in [-0.4, -0.2) is 42.9 Å². The highest BCUT2D eigenvalue weighted by atomic mass is 16.2. The van der Waals surface area contributed by atoms with Crippen molar-refractivity contribution in [3.63, 3.8) is 0 Å². The molecule has 2 amide bonds. The molecular formula is C23H27N3O2. The number of amides is 2. The molecule has 4 rings (SSSR count). The number of benzene rings is 2. The molecule has 2 heterocycles. The quantitative estimate of drug-likeness (QED) is 0.786. The topological polar surface area (TPSA) is 52.6 Å². The van der Waals surface area contributed by atoms with Gasteiger partial charge in [-0.05, 0) is 36.1 Å². The van der Waals surface area contributed by atoms with E-state index in [1.54, 1.807) is 0 Å². The van der Waals surface area contributed by atoms with E-state index in [1.165, 1.54) is 5.56 Å². The zero-order valence-corrected chi connectivity index (χ0v) is 16.4. The average molecular weight is 377 g/mol. The van der Waals surface area contributed by atoms with Crippen LogP contribution in [0.5, 0.6) is 0 Å². The fourth-order valence-electron chi connectivity index (χ4n) is 4.21. The third-order valence-electron chi connectivity index (χ3n) is 5.73. The molecule has 5 nitrogen and oxygen atoms in total. The largest absolute Gasteiger partial charge is 0.369 e. The van der Waals surface area contributed by atoms with Crippen LogP contribution in [0.4, 0.5) is 5.69 Å². The molecule has 0 unspecified atom stereocenters. The third kappa shape index (κ3) is 3.67. The minimum Gasteiger partial charge on any atom is -0.369 e. The molecule has 0 bridgehead atoms. The normalized spacial score (nSPS) is 17.0. The minimum absolute atomic E-state index is 0.240. The van der Waals surface area contributed by atoms with Crippen molar-refractivity contribution in [1.82, 2.24) is 10.2 Å². The first-order valence-corrected chi connectivity index (χ1v) is 10.2. The number of carbonyl (C=O) groups excluding carboxylic acids is 2. The second-order valence-corrected chi connectivity index (χ2v) is 7.62. The number of piperazine rings is 1. The molecule has 0 aromatic heterocycles. The Hall–Kier alpha value is -2.66. The van der Waals surface area contributed by atoms with Crippen molar-refractivity contribution in [3.05, 3.63) is 64.7 Å². The molecule has 0 aliphatic carbocycles.